The molecule has 0 spiro atoms. The summed E-state index contributed by atoms with van der Waals surface area (Å²) < 4.78 is 47.2. The maximum absolute atomic E-state index is 8.77. The first-order valence-electron chi connectivity index (χ1n) is 13.2. The number of nitrogens with zero attached hydrogens (tertiary/aromatic N) is 1. The molecule has 0 aromatic rings. The highest BCUT2D eigenvalue weighted by molar-refractivity contribution is 8.04. The number of nitrogens with one attached hydrogen (secondary N) is 1. The molecule has 5 rings (SSSR count). The molecular formula is C24H34N2OS. The summed E-state index contributed by atoms with van der Waals surface area (Å²) in [6.07, 6.45) is 6.98. The highest BCUT2D eigenvalue weighted by Crippen LogP contribution is 2.51. The molecule has 3 nitrogen and oxygen atoms in total. The Morgan fingerprint density at radius 1 is 1.36 bits per heavy atom. The predicted molar refractivity (Wildman–Crippen MR) is 118 cm³/mol. The third kappa shape index (κ3) is 3.41. The van der Waals surface area contributed by atoms with Crippen molar-refractivity contribution in [2.24, 2.45) is 22.2 Å². The Kier molecular flexibility index (Phi) is 3.55. The number of fused-ring (bicyclic) bond motifs is 4. The van der Waals surface area contributed by atoms with E-state index >= 15 is 0 Å². The molecule has 1 aliphatic carbocycles. The van der Waals surface area contributed by atoms with Crippen molar-refractivity contribution < 1.29 is 11.6 Å². The second-order valence-electron chi connectivity index (χ2n) is 9.69. The predicted octanol–water partition coefficient (Wildman–Crippen LogP) is 5.60. The Bertz CT molecular complexity index is 959. The second kappa shape index (κ2) is 7.05. The van der Waals surface area contributed by atoms with Crippen molar-refractivity contribution in [2.45, 2.75) is 83.6 Å². The molecule has 4 aliphatic heterocycles. The Hall–Kier alpha value is -1.00. The SMILES string of the molecule is [2H]C([2H])([2H])C1=NC2OC3=C([C@@H]4NCC=C5C=C(C([2H])([2H])C(C)(C)C)SC54)CCC[C@H]3C2CC1. The van der Waals surface area contributed by atoms with Crippen LogP contribution >= 0.6 is 11.8 Å². The topological polar surface area (TPSA) is 33.6 Å². The van der Waals surface area contributed by atoms with E-state index in [0.717, 1.165) is 42.9 Å². The van der Waals surface area contributed by atoms with Gasteiger partial charge in [0.15, 0.2) is 6.23 Å². The molecule has 1 fully saturated rings. The lowest BCUT2D eigenvalue weighted by Gasteiger charge is -2.35. The van der Waals surface area contributed by atoms with Crippen LogP contribution in [0.5, 0.6) is 0 Å². The van der Waals surface area contributed by atoms with Crippen LogP contribution in [0.3, 0.4) is 0 Å². The molecule has 0 bridgehead atoms. The lowest BCUT2D eigenvalue weighted by molar-refractivity contribution is 0.128. The van der Waals surface area contributed by atoms with E-state index in [2.05, 4.69) is 22.5 Å². The van der Waals surface area contributed by atoms with Crippen LogP contribution in [0, 0.1) is 17.3 Å². The minimum absolute atomic E-state index is 0.100. The van der Waals surface area contributed by atoms with Crippen LogP contribution in [-0.2, 0) is 4.74 Å². The largest absolute Gasteiger partial charge is 0.472 e. The van der Waals surface area contributed by atoms with Gasteiger partial charge in [-0.3, -0.25) is 4.99 Å². The molecule has 0 saturated carbocycles. The third-order valence-electron chi connectivity index (χ3n) is 6.47. The lowest BCUT2D eigenvalue weighted by atomic mass is 9.76. The van der Waals surface area contributed by atoms with E-state index in [0.29, 0.717) is 18.1 Å². The van der Waals surface area contributed by atoms with E-state index < -0.39 is 18.6 Å². The summed E-state index contributed by atoms with van der Waals surface area (Å²) in [6, 6.07) is 0.100. The van der Waals surface area contributed by atoms with Crippen LogP contribution in [0.15, 0.2) is 39.0 Å². The molecule has 5 aliphatic rings. The standard InChI is InChI=1S/C24H34N2OS/c1-14-8-9-18-17-6-5-7-19(21(17)27-23(18)26-14)20-22-15(10-11-25-20)12-16(28-22)13-24(2,3)4/h10,12,17-18,20,22-23,25H,5-9,11,13H2,1-4H3/t17-,18?,20-,22?,23?/m0/s1/i1D3,13D2. The zero-order chi connectivity index (χ0) is 23.8. The minimum atomic E-state index is -2.14. The smallest absolute Gasteiger partial charge is 0.192 e. The van der Waals surface area contributed by atoms with Crippen molar-refractivity contribution >= 4 is 17.5 Å². The van der Waals surface area contributed by atoms with E-state index in [1.807, 2.05) is 20.8 Å². The quantitative estimate of drug-likeness (QED) is 0.651. The van der Waals surface area contributed by atoms with Gasteiger partial charge >= 0.3 is 0 Å². The Labute approximate surface area is 181 Å². The van der Waals surface area contributed by atoms with Gasteiger partial charge in [-0.05, 0) is 72.9 Å². The van der Waals surface area contributed by atoms with Crippen molar-refractivity contribution in [1.82, 2.24) is 5.32 Å². The molecule has 28 heavy (non-hydrogen) atoms. The molecule has 152 valence electrons. The maximum Gasteiger partial charge on any atom is 0.192 e. The van der Waals surface area contributed by atoms with Gasteiger partial charge in [0.2, 0.25) is 0 Å². The van der Waals surface area contributed by atoms with Crippen LogP contribution < -0.4 is 5.32 Å². The van der Waals surface area contributed by atoms with E-state index in [-0.39, 0.29) is 23.4 Å². The molecule has 0 aromatic heterocycles. The van der Waals surface area contributed by atoms with Crippen LogP contribution in [-0.4, -0.2) is 29.8 Å². The fourth-order valence-electron chi connectivity index (χ4n) is 5.35. The van der Waals surface area contributed by atoms with E-state index in [9.17, 15) is 0 Å². The maximum atomic E-state index is 8.77. The van der Waals surface area contributed by atoms with Crippen LogP contribution in [0.25, 0.3) is 0 Å². The summed E-state index contributed by atoms with van der Waals surface area (Å²) in [5, 5.41) is 3.82. The summed E-state index contributed by atoms with van der Waals surface area (Å²) in [7, 11) is 0. The number of thioether (sulfide) groups is 1. The van der Waals surface area contributed by atoms with Crippen molar-refractivity contribution in [3.63, 3.8) is 0 Å². The first-order chi connectivity index (χ1) is 15.4. The van der Waals surface area contributed by atoms with E-state index in [1.54, 1.807) is 11.8 Å². The van der Waals surface area contributed by atoms with Gasteiger partial charge in [0.1, 0.15) is 5.76 Å². The van der Waals surface area contributed by atoms with Crippen molar-refractivity contribution in [3.8, 4) is 0 Å². The molecular weight excluding hydrogens is 364 g/mol. The van der Waals surface area contributed by atoms with E-state index in [4.69, 9.17) is 11.6 Å². The summed E-state index contributed by atoms with van der Waals surface area (Å²) in [5.41, 5.74) is 2.32. The summed E-state index contributed by atoms with van der Waals surface area (Å²) in [6.45, 7) is 4.49. The third-order valence-corrected chi connectivity index (χ3v) is 7.75. The van der Waals surface area contributed by atoms with Gasteiger partial charge in [-0.1, -0.05) is 26.8 Å². The molecule has 0 radical (unpaired) electrons. The van der Waals surface area contributed by atoms with Crippen molar-refractivity contribution in [3.05, 3.63) is 34.0 Å². The molecule has 5 atom stereocenters. The zero-order valence-corrected chi connectivity index (χ0v) is 17.9. The average Bonchev–Trinajstić information content (AvgIpc) is 3.33. The van der Waals surface area contributed by atoms with Gasteiger partial charge in [0.05, 0.1) is 5.25 Å². The fraction of sp³-hybridized carbons (Fsp3) is 0.708. The number of hydrogen-bond acceptors (Lipinski definition) is 4. The van der Waals surface area contributed by atoms with Crippen molar-refractivity contribution in [1.29, 1.82) is 0 Å². The first-order valence-corrected chi connectivity index (χ1v) is 11.5. The van der Waals surface area contributed by atoms with Gasteiger partial charge in [-0.25, -0.2) is 0 Å². The van der Waals surface area contributed by atoms with Gasteiger partial charge < -0.3 is 10.1 Å². The number of aliphatic imine (C=N–C) groups is 1. The van der Waals surface area contributed by atoms with Crippen LogP contribution in [0.4, 0.5) is 0 Å². The lowest BCUT2D eigenvalue weighted by Crippen LogP contribution is -2.44. The highest BCUT2D eigenvalue weighted by Gasteiger charge is 2.47. The normalized spacial score (nSPS) is 41.0. The van der Waals surface area contributed by atoms with Gasteiger partial charge in [-0.15, -0.1) is 11.8 Å². The van der Waals surface area contributed by atoms with E-state index in [1.165, 1.54) is 11.1 Å². The highest BCUT2D eigenvalue weighted by atomic mass is 32.2. The molecule has 1 N–H and O–H groups in total. The Morgan fingerprint density at radius 3 is 3.07 bits per heavy atom. The number of rotatable bonds is 2. The van der Waals surface area contributed by atoms with Gasteiger partial charge in [0, 0.05) is 37.0 Å². The first kappa shape index (κ1) is 14.1. The molecule has 0 amide bonds. The zero-order valence-electron chi connectivity index (χ0n) is 22.0. The monoisotopic (exact) mass is 403 g/mol. The molecule has 4 heteroatoms. The van der Waals surface area contributed by atoms with Gasteiger partial charge in [-0.2, -0.15) is 0 Å². The molecule has 3 unspecified atom stereocenters. The summed E-state index contributed by atoms with van der Waals surface area (Å²) in [4.78, 5) is 5.37. The molecule has 4 heterocycles. The fourth-order valence-corrected chi connectivity index (χ4v) is 6.89. The average molecular weight is 404 g/mol. The van der Waals surface area contributed by atoms with Crippen molar-refractivity contribution in [2.75, 3.05) is 6.54 Å². The van der Waals surface area contributed by atoms with Crippen LogP contribution in [0.2, 0.25) is 0 Å². The Balaban J connectivity index is 1.44. The number of allylic oxidation sites excluding steroid dienone is 3. The Morgan fingerprint density at radius 2 is 2.25 bits per heavy atom. The summed E-state index contributed by atoms with van der Waals surface area (Å²) >= 11 is 1.66. The molecule has 1 saturated heterocycles. The van der Waals surface area contributed by atoms with Gasteiger partial charge in [0.25, 0.3) is 0 Å². The van der Waals surface area contributed by atoms with Crippen LogP contribution in [0.1, 0.15) is 73.0 Å². The molecule has 0 aromatic carbocycles. The summed E-state index contributed by atoms with van der Waals surface area (Å²) in [5.74, 6) is 1.62. The number of ether oxygens (including phenoxy) is 1. The minimum Gasteiger partial charge on any atom is -0.472 e. The number of hydrogen-bond donors (Lipinski definition) is 1. The second-order valence-corrected chi connectivity index (χ2v) is 10.9.